The zero-order valence-electron chi connectivity index (χ0n) is 18.1. The third-order valence-corrected chi connectivity index (χ3v) is 6.98. The lowest BCUT2D eigenvalue weighted by Gasteiger charge is -2.22. The summed E-state index contributed by atoms with van der Waals surface area (Å²) in [6.07, 6.45) is -11.9. The topological polar surface area (TPSA) is 87.3 Å². The quantitative estimate of drug-likeness (QED) is 0.193. The van der Waals surface area contributed by atoms with Gasteiger partial charge in [-0.25, -0.2) is 0 Å². The molecule has 1 fully saturated rings. The van der Waals surface area contributed by atoms with E-state index in [1.165, 1.54) is 29.7 Å². The highest BCUT2D eigenvalue weighted by molar-refractivity contribution is 6.53. The first-order valence-electron chi connectivity index (χ1n) is 10.0. The van der Waals surface area contributed by atoms with Crippen LogP contribution >= 0.6 is 58.0 Å². The lowest BCUT2D eigenvalue weighted by molar-refractivity contribution is -0.274. The van der Waals surface area contributed by atoms with E-state index in [0.717, 1.165) is 17.6 Å². The molecule has 2 unspecified atom stereocenters. The zero-order valence-corrected chi connectivity index (χ0v) is 21.9. The molecule has 2 aromatic rings. The van der Waals surface area contributed by atoms with Crippen LogP contribution in [0.3, 0.4) is 0 Å². The monoisotopic (exact) mass is 643 g/mol. The molecule has 17 heteroatoms. The molecule has 0 aromatic heterocycles. The summed E-state index contributed by atoms with van der Waals surface area (Å²) >= 11 is 30.4. The lowest BCUT2D eigenvalue weighted by Crippen LogP contribution is -2.53. The van der Waals surface area contributed by atoms with E-state index < -0.39 is 57.7 Å². The Labute approximate surface area is 234 Å². The number of rotatable bonds is 5. The molecule has 0 spiro atoms. The molecule has 206 valence electrons. The SMILES string of the molecule is O=C(NNC(=O)C(C(F)(F)F)C(F)(F)F)c1cc(NC(=O)C2C(c3cc(Cl)cc(Cl)c3)C2(Cl)Cl)ccc1Cl. The Bertz CT molecular complexity index is 1250. The fourth-order valence-electron chi connectivity index (χ4n) is 3.56. The van der Waals surface area contributed by atoms with Crippen molar-refractivity contribution in [3.8, 4) is 0 Å². The van der Waals surface area contributed by atoms with Gasteiger partial charge >= 0.3 is 12.4 Å². The third kappa shape index (κ3) is 6.71. The molecule has 0 radical (unpaired) electrons. The average Bonchev–Trinajstić information content (AvgIpc) is 3.32. The molecule has 0 aliphatic heterocycles. The predicted molar refractivity (Wildman–Crippen MR) is 128 cm³/mol. The summed E-state index contributed by atoms with van der Waals surface area (Å²) in [7, 11) is 0. The van der Waals surface area contributed by atoms with Crippen LogP contribution in [0.15, 0.2) is 36.4 Å². The molecule has 38 heavy (non-hydrogen) atoms. The molecule has 6 nitrogen and oxygen atoms in total. The molecular formula is C21H12Cl5F6N3O3. The van der Waals surface area contributed by atoms with Crippen molar-refractivity contribution in [1.82, 2.24) is 10.9 Å². The van der Waals surface area contributed by atoms with Crippen molar-refractivity contribution in [2.24, 2.45) is 11.8 Å². The Hall–Kier alpha value is -2.12. The van der Waals surface area contributed by atoms with E-state index in [0.29, 0.717) is 5.56 Å². The number of carbonyl (C=O) groups excluding carboxylic acids is 3. The molecule has 0 heterocycles. The highest BCUT2D eigenvalue weighted by atomic mass is 35.5. The minimum Gasteiger partial charge on any atom is -0.326 e. The van der Waals surface area contributed by atoms with Gasteiger partial charge in [-0.3, -0.25) is 25.2 Å². The van der Waals surface area contributed by atoms with Crippen molar-refractivity contribution in [3.05, 3.63) is 62.6 Å². The number of hydrazine groups is 1. The van der Waals surface area contributed by atoms with Crippen LogP contribution in [0.1, 0.15) is 21.8 Å². The van der Waals surface area contributed by atoms with Crippen LogP contribution in [0.2, 0.25) is 15.1 Å². The molecule has 2 aromatic carbocycles. The molecule has 3 amide bonds. The molecule has 1 aliphatic rings. The van der Waals surface area contributed by atoms with Gasteiger partial charge in [0.15, 0.2) is 0 Å². The fraction of sp³-hybridized carbons (Fsp3) is 0.286. The van der Waals surface area contributed by atoms with Crippen LogP contribution in [0.4, 0.5) is 32.0 Å². The predicted octanol–water partition coefficient (Wildman–Crippen LogP) is 6.67. The van der Waals surface area contributed by atoms with Gasteiger partial charge in [-0.15, -0.1) is 23.2 Å². The second-order valence-electron chi connectivity index (χ2n) is 7.98. The molecule has 2 atom stereocenters. The summed E-state index contributed by atoms with van der Waals surface area (Å²) in [5, 5.41) is 2.69. The molecular weight excluding hydrogens is 634 g/mol. The Morgan fingerprint density at radius 3 is 1.92 bits per heavy atom. The summed E-state index contributed by atoms with van der Waals surface area (Å²) in [6.45, 7) is 0. The van der Waals surface area contributed by atoms with E-state index in [1.54, 1.807) is 0 Å². The van der Waals surface area contributed by atoms with E-state index in [1.807, 2.05) is 0 Å². The fourth-order valence-corrected chi connectivity index (χ4v) is 5.13. The molecule has 3 rings (SSSR count). The van der Waals surface area contributed by atoms with E-state index in [2.05, 4.69) is 5.32 Å². The van der Waals surface area contributed by atoms with E-state index in [9.17, 15) is 40.7 Å². The highest BCUT2D eigenvalue weighted by Gasteiger charge is 2.67. The maximum absolute atomic E-state index is 12.8. The van der Waals surface area contributed by atoms with Crippen LogP contribution in [-0.2, 0) is 9.59 Å². The average molecular weight is 646 g/mol. The maximum Gasteiger partial charge on any atom is 0.409 e. The van der Waals surface area contributed by atoms with Gasteiger partial charge < -0.3 is 5.32 Å². The van der Waals surface area contributed by atoms with E-state index in [4.69, 9.17) is 58.0 Å². The second-order valence-corrected chi connectivity index (χ2v) is 10.7. The first-order chi connectivity index (χ1) is 17.3. The number of carbonyl (C=O) groups is 3. The summed E-state index contributed by atoms with van der Waals surface area (Å²) in [5.41, 5.74) is 2.42. The summed E-state index contributed by atoms with van der Waals surface area (Å²) in [5.74, 6) is -10.7. The lowest BCUT2D eigenvalue weighted by atomic mass is 10.1. The summed E-state index contributed by atoms with van der Waals surface area (Å²) in [6, 6.07) is 7.82. The first kappa shape index (κ1) is 30.4. The van der Waals surface area contributed by atoms with Gasteiger partial charge in [-0.1, -0.05) is 34.8 Å². The normalized spacial score (nSPS) is 18.6. The molecule has 0 saturated heterocycles. The third-order valence-electron chi connectivity index (χ3n) is 5.27. The largest absolute Gasteiger partial charge is 0.409 e. The second kappa shape index (κ2) is 10.8. The van der Waals surface area contributed by atoms with Crippen LogP contribution < -0.4 is 16.2 Å². The van der Waals surface area contributed by atoms with Crippen molar-refractivity contribution < 1.29 is 40.7 Å². The Morgan fingerprint density at radius 2 is 1.39 bits per heavy atom. The van der Waals surface area contributed by atoms with Crippen molar-refractivity contribution in [1.29, 1.82) is 0 Å². The van der Waals surface area contributed by atoms with Gasteiger partial charge in [0.05, 0.1) is 16.5 Å². The molecule has 1 aliphatic carbocycles. The number of amides is 3. The smallest absolute Gasteiger partial charge is 0.326 e. The zero-order chi connectivity index (χ0) is 28.8. The minimum atomic E-state index is -5.97. The van der Waals surface area contributed by atoms with Gasteiger partial charge in [-0.05, 0) is 42.0 Å². The Kier molecular flexibility index (Phi) is 8.65. The van der Waals surface area contributed by atoms with E-state index >= 15 is 0 Å². The first-order valence-corrected chi connectivity index (χ1v) is 11.9. The number of hydrogen-bond acceptors (Lipinski definition) is 3. The van der Waals surface area contributed by atoms with Gasteiger partial charge in [0.25, 0.3) is 11.8 Å². The molecule has 1 saturated carbocycles. The van der Waals surface area contributed by atoms with E-state index in [-0.39, 0.29) is 20.8 Å². The van der Waals surface area contributed by atoms with Crippen LogP contribution in [0.5, 0.6) is 0 Å². The summed E-state index contributed by atoms with van der Waals surface area (Å²) in [4.78, 5) is 36.7. The standard InChI is InChI=1S/C21H12Cl5F6N3O3/c22-8-3-7(4-9(23)5-8)13-14(19(13,25)26)17(37)33-10-1-2-12(24)11(6-10)16(36)34-35-18(38)15(20(27,28)29)21(30,31)32/h1-6,13-15H,(H,33,37)(H,34,36)(H,35,38). The number of halogens is 11. The Morgan fingerprint density at radius 1 is 0.842 bits per heavy atom. The van der Waals surface area contributed by atoms with Crippen LogP contribution in [0.25, 0.3) is 0 Å². The van der Waals surface area contributed by atoms with Crippen molar-refractivity contribution in [2.75, 3.05) is 5.32 Å². The van der Waals surface area contributed by atoms with Crippen LogP contribution in [-0.4, -0.2) is 34.4 Å². The molecule has 3 N–H and O–H groups in total. The molecule has 0 bridgehead atoms. The van der Waals surface area contributed by atoms with Crippen LogP contribution in [0, 0.1) is 11.8 Å². The van der Waals surface area contributed by atoms with Crippen molar-refractivity contribution in [3.63, 3.8) is 0 Å². The summed E-state index contributed by atoms with van der Waals surface area (Å²) < 4.78 is 74.5. The minimum absolute atomic E-state index is 0.0572. The Balaban J connectivity index is 1.72. The maximum atomic E-state index is 12.8. The number of nitrogens with one attached hydrogen (secondary N) is 3. The number of benzene rings is 2. The number of alkyl halides is 8. The number of hydrogen-bond donors (Lipinski definition) is 3. The van der Waals surface area contributed by atoms with Crippen molar-refractivity contribution in [2.45, 2.75) is 22.6 Å². The van der Waals surface area contributed by atoms with Gasteiger partial charge in [0.1, 0.15) is 4.33 Å². The van der Waals surface area contributed by atoms with Gasteiger partial charge in [0.2, 0.25) is 11.8 Å². The van der Waals surface area contributed by atoms with Gasteiger partial charge in [0, 0.05) is 21.7 Å². The van der Waals surface area contributed by atoms with Gasteiger partial charge in [-0.2, -0.15) is 26.3 Å². The highest BCUT2D eigenvalue weighted by Crippen LogP contribution is 2.65. The van der Waals surface area contributed by atoms with Crippen molar-refractivity contribution >= 4 is 81.4 Å². The number of anilines is 1.